The van der Waals surface area contributed by atoms with Crippen LogP contribution in [-0.4, -0.2) is 70.4 Å². The van der Waals surface area contributed by atoms with Gasteiger partial charge in [-0.3, -0.25) is 4.98 Å². The zero-order valence-corrected chi connectivity index (χ0v) is 17.8. The highest BCUT2D eigenvalue weighted by molar-refractivity contribution is 7.89. The lowest BCUT2D eigenvalue weighted by atomic mass is 9.98. The molecule has 0 bridgehead atoms. The number of piperidine rings is 1. The van der Waals surface area contributed by atoms with E-state index in [9.17, 15) is 17.2 Å². The molecular formula is C19H19F3N6O3S. The summed E-state index contributed by atoms with van der Waals surface area (Å²) in [5.74, 6) is -1.81. The van der Waals surface area contributed by atoms with Crippen LogP contribution in [0, 0.1) is 11.6 Å². The Morgan fingerprint density at radius 1 is 1.16 bits per heavy atom. The van der Waals surface area contributed by atoms with Crippen LogP contribution < -0.4 is 4.90 Å². The number of rotatable bonds is 3. The van der Waals surface area contributed by atoms with Gasteiger partial charge in [-0.2, -0.15) is 4.31 Å². The number of aryl methyl sites for hydroxylation is 1. The Kier molecular flexibility index (Phi) is 4.87. The van der Waals surface area contributed by atoms with Gasteiger partial charge in [0.25, 0.3) is 10.0 Å². The number of halogens is 3. The van der Waals surface area contributed by atoms with Crippen LogP contribution in [0.15, 0.2) is 35.9 Å². The van der Waals surface area contributed by atoms with Gasteiger partial charge < -0.3 is 14.2 Å². The monoisotopic (exact) mass is 468 g/mol. The van der Waals surface area contributed by atoms with Crippen LogP contribution in [0.25, 0.3) is 11.0 Å². The minimum absolute atomic E-state index is 0.0138. The summed E-state index contributed by atoms with van der Waals surface area (Å²) in [5.41, 5.74) is -1.34. The van der Waals surface area contributed by atoms with Crippen LogP contribution in [0.3, 0.4) is 0 Å². The SMILES string of the molecule is Cn1cnc(S(=O)(=O)N2CCO[C@]23CCN(c2cnc4cc(F)c(F)cc4n2)C[C@@H]3F)c1. The van der Waals surface area contributed by atoms with Gasteiger partial charge in [0, 0.05) is 44.9 Å². The number of hydrogen-bond donors (Lipinski definition) is 0. The smallest absolute Gasteiger partial charge is 0.264 e. The number of benzene rings is 1. The van der Waals surface area contributed by atoms with E-state index in [0.29, 0.717) is 0 Å². The minimum atomic E-state index is -4.07. The van der Waals surface area contributed by atoms with Crippen LogP contribution in [0.1, 0.15) is 6.42 Å². The van der Waals surface area contributed by atoms with Crippen molar-refractivity contribution in [1.82, 2.24) is 23.8 Å². The lowest BCUT2D eigenvalue weighted by Gasteiger charge is -2.45. The van der Waals surface area contributed by atoms with Crippen LogP contribution in [0.4, 0.5) is 19.0 Å². The van der Waals surface area contributed by atoms with E-state index in [-0.39, 0.29) is 54.5 Å². The zero-order chi connectivity index (χ0) is 22.7. The first-order chi connectivity index (χ1) is 15.2. The van der Waals surface area contributed by atoms with Crippen molar-refractivity contribution in [2.75, 3.05) is 31.1 Å². The van der Waals surface area contributed by atoms with E-state index >= 15 is 4.39 Å². The first-order valence-electron chi connectivity index (χ1n) is 9.86. The standard InChI is InChI=1S/C19H19F3N6O3S/c1-26-10-18(24-11-26)32(29,30)28-4-5-31-19(28)2-3-27(9-16(19)22)17-8-23-14-6-12(20)13(21)7-15(14)25-17/h6-8,10-11,16H,2-5,9H2,1H3/t16-,19-/m0/s1. The quantitative estimate of drug-likeness (QED) is 0.577. The summed E-state index contributed by atoms with van der Waals surface area (Å²) in [5, 5.41) is -0.172. The third-order valence-electron chi connectivity index (χ3n) is 5.81. The van der Waals surface area contributed by atoms with Crippen molar-refractivity contribution in [3.8, 4) is 0 Å². The molecule has 1 spiro atoms. The average molecular weight is 468 g/mol. The van der Waals surface area contributed by atoms with Crippen molar-refractivity contribution in [3.63, 3.8) is 0 Å². The maximum absolute atomic E-state index is 15.6. The fourth-order valence-electron chi connectivity index (χ4n) is 4.21. The number of hydrogen-bond acceptors (Lipinski definition) is 7. The van der Waals surface area contributed by atoms with Gasteiger partial charge in [0.05, 0.1) is 36.7 Å². The summed E-state index contributed by atoms with van der Waals surface area (Å²) < 4.78 is 77.0. The molecule has 13 heteroatoms. The van der Waals surface area contributed by atoms with E-state index in [2.05, 4.69) is 15.0 Å². The molecule has 0 radical (unpaired) electrons. The molecule has 0 saturated carbocycles. The second kappa shape index (κ2) is 7.39. The van der Waals surface area contributed by atoms with Gasteiger partial charge in [0.15, 0.2) is 28.6 Å². The second-order valence-electron chi connectivity index (χ2n) is 7.79. The number of imidazole rings is 1. The zero-order valence-electron chi connectivity index (χ0n) is 16.9. The molecule has 32 heavy (non-hydrogen) atoms. The van der Waals surface area contributed by atoms with Gasteiger partial charge in [-0.15, -0.1) is 0 Å². The second-order valence-corrected chi connectivity index (χ2v) is 9.60. The molecule has 0 amide bonds. The number of aromatic nitrogens is 4. The van der Waals surface area contributed by atoms with Crippen LogP contribution >= 0.6 is 0 Å². The van der Waals surface area contributed by atoms with Crippen molar-refractivity contribution in [1.29, 1.82) is 0 Å². The highest BCUT2D eigenvalue weighted by Gasteiger charge is 2.57. The maximum atomic E-state index is 15.6. The van der Waals surface area contributed by atoms with Crippen molar-refractivity contribution >= 4 is 26.9 Å². The molecule has 3 aromatic rings. The van der Waals surface area contributed by atoms with Crippen LogP contribution in [0.5, 0.6) is 0 Å². The largest absolute Gasteiger partial charge is 0.355 e. The summed E-state index contributed by atoms with van der Waals surface area (Å²) >= 11 is 0. The number of alkyl halides is 1. The number of nitrogens with zero attached hydrogens (tertiary/aromatic N) is 6. The summed E-state index contributed by atoms with van der Waals surface area (Å²) in [6, 6.07) is 1.87. The third-order valence-corrected chi connectivity index (χ3v) is 7.62. The number of anilines is 1. The van der Waals surface area contributed by atoms with Crippen LogP contribution in [0.2, 0.25) is 0 Å². The molecule has 5 rings (SSSR count). The van der Waals surface area contributed by atoms with Gasteiger partial charge in [0.1, 0.15) is 5.82 Å². The Labute approximate surface area is 181 Å². The Hall–Kier alpha value is -2.77. The summed E-state index contributed by atoms with van der Waals surface area (Å²) in [7, 11) is -2.42. The molecule has 2 aliphatic rings. The first-order valence-corrected chi connectivity index (χ1v) is 11.3. The van der Waals surface area contributed by atoms with Crippen molar-refractivity contribution in [3.05, 3.63) is 42.5 Å². The summed E-state index contributed by atoms with van der Waals surface area (Å²) in [6.07, 6.45) is 2.41. The molecule has 2 aliphatic heterocycles. The molecule has 0 N–H and O–H groups in total. The summed E-state index contributed by atoms with van der Waals surface area (Å²) in [4.78, 5) is 13.8. The Bertz CT molecular complexity index is 1300. The normalized spacial score (nSPS) is 24.6. The van der Waals surface area contributed by atoms with E-state index in [1.807, 2.05) is 0 Å². The predicted molar refractivity (Wildman–Crippen MR) is 107 cm³/mol. The van der Waals surface area contributed by atoms with E-state index in [0.717, 1.165) is 16.4 Å². The van der Waals surface area contributed by atoms with Gasteiger partial charge in [-0.25, -0.2) is 31.6 Å². The molecule has 0 aliphatic carbocycles. The lowest BCUT2D eigenvalue weighted by molar-refractivity contribution is -0.116. The van der Waals surface area contributed by atoms with E-state index in [1.54, 1.807) is 11.9 Å². The van der Waals surface area contributed by atoms with Crippen molar-refractivity contribution < 1.29 is 26.3 Å². The minimum Gasteiger partial charge on any atom is -0.355 e. The van der Waals surface area contributed by atoms with Crippen molar-refractivity contribution in [2.45, 2.75) is 23.3 Å². The Morgan fingerprint density at radius 3 is 2.59 bits per heavy atom. The van der Waals surface area contributed by atoms with Crippen molar-refractivity contribution in [2.24, 2.45) is 7.05 Å². The van der Waals surface area contributed by atoms with E-state index in [1.165, 1.54) is 23.3 Å². The highest BCUT2D eigenvalue weighted by Crippen LogP contribution is 2.40. The number of sulfonamides is 1. The Morgan fingerprint density at radius 2 is 1.91 bits per heavy atom. The summed E-state index contributed by atoms with van der Waals surface area (Å²) in [6.45, 7) is 0.0870. The molecule has 2 fully saturated rings. The predicted octanol–water partition coefficient (Wildman–Crippen LogP) is 1.61. The molecule has 2 saturated heterocycles. The lowest BCUT2D eigenvalue weighted by Crippen LogP contribution is -2.62. The molecule has 2 atom stereocenters. The average Bonchev–Trinajstić information content (AvgIpc) is 3.39. The highest BCUT2D eigenvalue weighted by atomic mass is 32.2. The Balaban J connectivity index is 1.42. The topological polar surface area (TPSA) is 93.5 Å². The molecule has 0 unspecified atom stereocenters. The van der Waals surface area contributed by atoms with Gasteiger partial charge in [-0.05, 0) is 0 Å². The third kappa shape index (κ3) is 3.22. The maximum Gasteiger partial charge on any atom is 0.264 e. The van der Waals surface area contributed by atoms with Gasteiger partial charge in [0.2, 0.25) is 0 Å². The number of fused-ring (bicyclic) bond motifs is 1. The first kappa shape index (κ1) is 21.1. The molecular weight excluding hydrogens is 449 g/mol. The molecule has 170 valence electrons. The molecule has 2 aromatic heterocycles. The van der Waals surface area contributed by atoms with E-state index in [4.69, 9.17) is 4.74 Å². The molecule has 1 aromatic carbocycles. The number of ether oxygens (including phenoxy) is 1. The van der Waals surface area contributed by atoms with Crippen LogP contribution in [-0.2, 0) is 21.8 Å². The molecule has 9 nitrogen and oxygen atoms in total. The fourth-order valence-corrected chi connectivity index (χ4v) is 5.89. The van der Waals surface area contributed by atoms with E-state index < -0.39 is 33.6 Å². The van der Waals surface area contributed by atoms with Gasteiger partial charge in [-0.1, -0.05) is 0 Å². The fraction of sp³-hybridized carbons (Fsp3) is 0.421. The molecule has 4 heterocycles. The van der Waals surface area contributed by atoms with Gasteiger partial charge >= 0.3 is 0 Å².